The van der Waals surface area contributed by atoms with Crippen LogP contribution in [0.2, 0.25) is 0 Å². The Labute approximate surface area is 160 Å². The summed E-state index contributed by atoms with van der Waals surface area (Å²) in [4.78, 5) is 40.1. The highest BCUT2D eigenvalue weighted by Gasteiger charge is 2.37. The number of thioether (sulfide) groups is 1. The Kier molecular flexibility index (Phi) is 4.69. The first-order chi connectivity index (χ1) is 13.1. The van der Waals surface area contributed by atoms with Crippen molar-refractivity contribution in [1.82, 2.24) is 9.80 Å². The molecule has 0 bridgehead atoms. The van der Waals surface area contributed by atoms with E-state index in [-0.39, 0.29) is 24.2 Å². The molecule has 2 fully saturated rings. The van der Waals surface area contributed by atoms with Crippen molar-refractivity contribution in [3.63, 3.8) is 0 Å². The third-order valence-corrected chi connectivity index (χ3v) is 5.54. The second kappa shape index (κ2) is 7.15. The minimum atomic E-state index is -0.475. The van der Waals surface area contributed by atoms with E-state index in [2.05, 4.69) is 0 Å². The molecule has 0 saturated carbocycles. The van der Waals surface area contributed by atoms with Crippen LogP contribution in [0.4, 0.5) is 4.79 Å². The molecule has 0 aliphatic carbocycles. The molecule has 142 valence electrons. The summed E-state index contributed by atoms with van der Waals surface area (Å²) in [6, 6.07) is 3.37. The topological polar surface area (TPSA) is 85.4 Å². The van der Waals surface area contributed by atoms with Crippen LogP contribution in [0, 0.1) is 0 Å². The van der Waals surface area contributed by atoms with Crippen LogP contribution in [0.25, 0.3) is 6.08 Å². The van der Waals surface area contributed by atoms with Crippen molar-refractivity contribution in [2.45, 2.75) is 12.8 Å². The molecule has 0 N–H and O–H groups in total. The molecule has 0 atom stereocenters. The predicted octanol–water partition coefficient (Wildman–Crippen LogP) is 2.08. The van der Waals surface area contributed by atoms with Gasteiger partial charge >= 0.3 is 0 Å². The van der Waals surface area contributed by atoms with Crippen molar-refractivity contribution in [2.75, 3.05) is 33.5 Å². The van der Waals surface area contributed by atoms with Gasteiger partial charge in [0.1, 0.15) is 12.3 Å². The zero-order chi connectivity index (χ0) is 19.0. The minimum Gasteiger partial charge on any atom is -0.496 e. The van der Waals surface area contributed by atoms with E-state index in [4.69, 9.17) is 14.2 Å². The smallest absolute Gasteiger partial charge is 0.294 e. The maximum absolute atomic E-state index is 12.7. The van der Waals surface area contributed by atoms with Crippen LogP contribution in [0.15, 0.2) is 17.0 Å². The number of methoxy groups -OCH3 is 1. The highest BCUT2D eigenvalue weighted by molar-refractivity contribution is 8.18. The van der Waals surface area contributed by atoms with E-state index in [0.29, 0.717) is 35.9 Å². The fourth-order valence-corrected chi connectivity index (χ4v) is 4.04. The van der Waals surface area contributed by atoms with Crippen molar-refractivity contribution >= 4 is 34.9 Å². The number of hydrogen-bond acceptors (Lipinski definition) is 7. The molecule has 0 aromatic heterocycles. The molecule has 1 aromatic rings. The molecule has 2 saturated heterocycles. The number of hydrogen-bond donors (Lipinski definition) is 0. The van der Waals surface area contributed by atoms with Gasteiger partial charge in [0.15, 0.2) is 11.5 Å². The lowest BCUT2D eigenvalue weighted by Gasteiger charge is -2.18. The van der Waals surface area contributed by atoms with Gasteiger partial charge in [0.05, 0.1) is 12.0 Å². The molecule has 0 unspecified atom stereocenters. The molecule has 3 aliphatic heterocycles. The maximum Gasteiger partial charge on any atom is 0.294 e. The van der Waals surface area contributed by atoms with Crippen LogP contribution < -0.4 is 14.2 Å². The second-order valence-electron chi connectivity index (χ2n) is 6.30. The molecule has 8 nitrogen and oxygen atoms in total. The lowest BCUT2D eigenvalue weighted by molar-refractivity contribution is -0.135. The van der Waals surface area contributed by atoms with Gasteiger partial charge in [-0.1, -0.05) is 0 Å². The summed E-state index contributed by atoms with van der Waals surface area (Å²) in [6.07, 6.45) is 3.49. The Morgan fingerprint density at radius 2 is 1.93 bits per heavy atom. The van der Waals surface area contributed by atoms with E-state index >= 15 is 0 Å². The zero-order valence-electron chi connectivity index (χ0n) is 14.7. The number of amides is 3. The number of ether oxygens (including phenoxy) is 3. The summed E-state index contributed by atoms with van der Waals surface area (Å²) < 4.78 is 16.0. The number of fused-ring (bicyclic) bond motifs is 1. The molecule has 27 heavy (non-hydrogen) atoms. The first kappa shape index (κ1) is 17.7. The summed E-state index contributed by atoms with van der Waals surface area (Å²) in [5.41, 5.74) is 0.595. The van der Waals surface area contributed by atoms with Gasteiger partial charge in [-0.25, -0.2) is 0 Å². The van der Waals surface area contributed by atoms with Crippen molar-refractivity contribution in [1.29, 1.82) is 0 Å². The zero-order valence-corrected chi connectivity index (χ0v) is 15.5. The average molecular weight is 390 g/mol. The van der Waals surface area contributed by atoms with Crippen molar-refractivity contribution in [3.05, 3.63) is 22.6 Å². The van der Waals surface area contributed by atoms with Crippen molar-refractivity contribution < 1.29 is 28.6 Å². The predicted molar refractivity (Wildman–Crippen MR) is 97.6 cm³/mol. The van der Waals surface area contributed by atoms with E-state index in [1.165, 1.54) is 7.11 Å². The quantitative estimate of drug-likeness (QED) is 0.728. The van der Waals surface area contributed by atoms with Crippen LogP contribution in [-0.4, -0.2) is 60.4 Å². The van der Waals surface area contributed by atoms with Gasteiger partial charge < -0.3 is 19.1 Å². The Balaban J connectivity index is 1.55. The number of nitrogens with zero attached hydrogens (tertiary/aromatic N) is 2. The van der Waals surface area contributed by atoms with Crippen LogP contribution in [0.5, 0.6) is 17.2 Å². The summed E-state index contributed by atoms with van der Waals surface area (Å²) in [5, 5.41) is -0.446. The standard InChI is InChI=1S/C18H18N2O6S/c1-24-12-8-14-13(25-10-26-14)6-11(12)7-15-17(22)20(18(23)27-15)9-16(21)19-4-2-3-5-19/h6-8H,2-5,9-10H2,1H3. The number of carbonyl (C=O) groups excluding carboxylic acids is 3. The summed E-state index contributed by atoms with van der Waals surface area (Å²) in [7, 11) is 1.51. The fraction of sp³-hybridized carbons (Fsp3) is 0.389. The number of carbonyl (C=O) groups is 3. The van der Waals surface area contributed by atoms with Crippen LogP contribution >= 0.6 is 11.8 Å². The van der Waals surface area contributed by atoms with E-state index in [0.717, 1.165) is 29.5 Å². The van der Waals surface area contributed by atoms with Gasteiger partial charge in [-0.2, -0.15) is 0 Å². The molecule has 0 radical (unpaired) electrons. The van der Waals surface area contributed by atoms with E-state index in [1.54, 1.807) is 23.1 Å². The van der Waals surface area contributed by atoms with E-state index < -0.39 is 11.1 Å². The molecule has 4 rings (SSSR count). The molecule has 1 aromatic carbocycles. The molecule has 3 heterocycles. The van der Waals surface area contributed by atoms with Crippen LogP contribution in [0.3, 0.4) is 0 Å². The Hall–Kier alpha value is -2.68. The van der Waals surface area contributed by atoms with Crippen LogP contribution in [0.1, 0.15) is 18.4 Å². The summed E-state index contributed by atoms with van der Waals surface area (Å²) in [6.45, 7) is 1.26. The Morgan fingerprint density at radius 3 is 2.63 bits per heavy atom. The SMILES string of the molecule is COc1cc2c(cc1C=C1SC(=O)N(CC(=O)N3CCCC3)C1=O)OCO2. The van der Waals surface area contributed by atoms with E-state index in [1.807, 2.05) is 0 Å². The van der Waals surface area contributed by atoms with Gasteiger partial charge in [0.2, 0.25) is 12.7 Å². The third kappa shape index (κ3) is 3.34. The highest BCUT2D eigenvalue weighted by Crippen LogP contribution is 2.40. The van der Waals surface area contributed by atoms with Crippen molar-refractivity contribution in [3.8, 4) is 17.2 Å². The fourth-order valence-electron chi connectivity index (χ4n) is 3.21. The summed E-state index contributed by atoms with van der Waals surface area (Å²) in [5.74, 6) is 0.937. The number of imide groups is 1. The van der Waals surface area contributed by atoms with Gasteiger partial charge in [-0.15, -0.1) is 0 Å². The maximum atomic E-state index is 12.7. The lowest BCUT2D eigenvalue weighted by Crippen LogP contribution is -2.40. The van der Waals surface area contributed by atoms with Gasteiger partial charge in [-0.3, -0.25) is 19.3 Å². The highest BCUT2D eigenvalue weighted by atomic mass is 32.2. The van der Waals surface area contributed by atoms with Gasteiger partial charge in [0, 0.05) is 24.7 Å². The van der Waals surface area contributed by atoms with Gasteiger partial charge in [0.25, 0.3) is 11.1 Å². The third-order valence-electron chi connectivity index (χ3n) is 4.64. The normalized spacial score (nSPS) is 20.1. The minimum absolute atomic E-state index is 0.122. The van der Waals surface area contributed by atoms with Gasteiger partial charge in [-0.05, 0) is 36.7 Å². The summed E-state index contributed by atoms with van der Waals surface area (Å²) >= 11 is 0.814. The Morgan fingerprint density at radius 1 is 1.22 bits per heavy atom. The molecule has 9 heteroatoms. The molecule has 3 amide bonds. The average Bonchev–Trinajstić information content (AvgIpc) is 3.39. The number of benzene rings is 1. The van der Waals surface area contributed by atoms with Crippen LogP contribution in [-0.2, 0) is 9.59 Å². The molecular weight excluding hydrogens is 372 g/mol. The molecule has 3 aliphatic rings. The second-order valence-corrected chi connectivity index (χ2v) is 7.30. The van der Waals surface area contributed by atoms with E-state index in [9.17, 15) is 14.4 Å². The Bertz CT molecular complexity index is 846. The first-order valence-electron chi connectivity index (χ1n) is 8.57. The lowest BCUT2D eigenvalue weighted by atomic mass is 10.1. The number of rotatable bonds is 4. The van der Waals surface area contributed by atoms with Crippen molar-refractivity contribution in [2.24, 2.45) is 0 Å². The molecular formula is C18H18N2O6S. The first-order valence-corrected chi connectivity index (χ1v) is 9.39. The molecule has 0 spiro atoms. The monoisotopic (exact) mass is 390 g/mol. The number of likely N-dealkylation sites (tertiary alicyclic amines) is 1. The largest absolute Gasteiger partial charge is 0.496 e.